The predicted octanol–water partition coefficient (Wildman–Crippen LogP) is 6.06. The Morgan fingerprint density at radius 1 is 1.06 bits per heavy atom. The number of aryl methyl sites for hydroxylation is 1. The minimum Gasteiger partial charge on any atom is -0.489 e. The van der Waals surface area contributed by atoms with Crippen molar-refractivity contribution in [2.45, 2.75) is 30.4 Å². The number of carbonyl (C=O) groups is 1. The maximum Gasteiger partial charge on any atom is 0.341 e. The molecule has 3 aromatic rings. The molecule has 0 saturated carbocycles. The summed E-state index contributed by atoms with van der Waals surface area (Å²) in [6.07, 6.45) is 8.68. The van der Waals surface area contributed by atoms with Crippen molar-refractivity contribution in [3.05, 3.63) is 83.8 Å². The van der Waals surface area contributed by atoms with E-state index in [-0.39, 0.29) is 6.61 Å². The monoisotopic (exact) mass is 463 g/mol. The lowest BCUT2D eigenvalue weighted by Crippen LogP contribution is -2.09. The molecule has 0 bridgehead atoms. The average molecular weight is 464 g/mol. The van der Waals surface area contributed by atoms with Gasteiger partial charge < -0.3 is 19.0 Å². The zero-order chi connectivity index (χ0) is 23.0. The standard InChI is InChI=1S/C26H25NO5S/c1-18-24(17-33-23-13-11-22(12-14-23)31-16-25(28)29)27-26(32-18)20-7-9-21(10-8-20)30-15-19-5-3-2-4-6-19/h3,5-14H,2,4,15-17H2,1H3,(H,28,29). The Kier molecular flexibility index (Phi) is 7.52. The van der Waals surface area contributed by atoms with Gasteiger partial charge in [0.25, 0.3) is 0 Å². The van der Waals surface area contributed by atoms with Crippen LogP contribution in [0.4, 0.5) is 0 Å². The number of hydrogen-bond donors (Lipinski definition) is 1. The molecule has 4 rings (SSSR count). The van der Waals surface area contributed by atoms with Gasteiger partial charge in [-0.2, -0.15) is 0 Å². The molecule has 1 heterocycles. The molecule has 0 saturated heterocycles. The van der Waals surface area contributed by atoms with Gasteiger partial charge in [0, 0.05) is 16.2 Å². The highest BCUT2D eigenvalue weighted by molar-refractivity contribution is 7.98. The number of aromatic nitrogens is 1. The Bertz CT molecular complexity index is 1150. The highest BCUT2D eigenvalue weighted by atomic mass is 32.2. The molecule has 0 amide bonds. The van der Waals surface area contributed by atoms with Gasteiger partial charge in [0.2, 0.25) is 5.89 Å². The molecule has 0 radical (unpaired) electrons. The van der Waals surface area contributed by atoms with Gasteiger partial charge in [0.05, 0.1) is 5.69 Å². The Morgan fingerprint density at radius 2 is 1.79 bits per heavy atom. The van der Waals surface area contributed by atoms with E-state index in [1.54, 1.807) is 23.9 Å². The fourth-order valence-electron chi connectivity index (χ4n) is 3.25. The third-order valence-corrected chi connectivity index (χ3v) is 6.06. The topological polar surface area (TPSA) is 81.8 Å². The van der Waals surface area contributed by atoms with Crippen molar-refractivity contribution >= 4 is 17.7 Å². The van der Waals surface area contributed by atoms with Gasteiger partial charge >= 0.3 is 5.97 Å². The second kappa shape index (κ2) is 10.9. The molecule has 6 nitrogen and oxygen atoms in total. The van der Waals surface area contributed by atoms with E-state index in [9.17, 15) is 4.79 Å². The molecular weight excluding hydrogens is 438 g/mol. The summed E-state index contributed by atoms with van der Waals surface area (Å²) in [5, 5.41) is 8.68. The number of carboxylic acids is 1. The van der Waals surface area contributed by atoms with Crippen LogP contribution in [0.2, 0.25) is 0 Å². The largest absolute Gasteiger partial charge is 0.489 e. The third kappa shape index (κ3) is 6.52. The number of allylic oxidation sites excluding steroid dienone is 2. The molecule has 33 heavy (non-hydrogen) atoms. The van der Waals surface area contributed by atoms with E-state index in [4.69, 9.17) is 19.0 Å². The van der Waals surface area contributed by atoms with Gasteiger partial charge in [-0.3, -0.25) is 0 Å². The van der Waals surface area contributed by atoms with Gasteiger partial charge in [-0.05, 0) is 73.9 Å². The Hall–Kier alpha value is -3.45. The second-order valence-electron chi connectivity index (χ2n) is 7.54. The van der Waals surface area contributed by atoms with Crippen LogP contribution in [-0.4, -0.2) is 29.3 Å². The third-order valence-electron chi connectivity index (χ3n) is 5.03. The van der Waals surface area contributed by atoms with Crippen LogP contribution in [0.5, 0.6) is 11.5 Å². The van der Waals surface area contributed by atoms with Gasteiger partial charge in [-0.1, -0.05) is 18.2 Å². The van der Waals surface area contributed by atoms with Crippen molar-refractivity contribution < 1.29 is 23.8 Å². The Balaban J connectivity index is 1.32. The first-order chi connectivity index (χ1) is 16.1. The molecule has 0 spiro atoms. The van der Waals surface area contributed by atoms with Crippen molar-refractivity contribution in [3.8, 4) is 23.0 Å². The minimum atomic E-state index is -0.998. The van der Waals surface area contributed by atoms with E-state index in [0.29, 0.717) is 24.0 Å². The SMILES string of the molecule is Cc1oc(-c2ccc(OCC3=CCCC=C3)cc2)nc1CSc1ccc(OCC(=O)O)cc1. The quantitative estimate of drug-likeness (QED) is 0.366. The molecule has 1 aliphatic rings. The number of nitrogens with zero attached hydrogens (tertiary/aromatic N) is 1. The van der Waals surface area contributed by atoms with E-state index < -0.39 is 5.97 Å². The van der Waals surface area contributed by atoms with Crippen molar-refractivity contribution in [1.29, 1.82) is 0 Å². The number of oxazole rings is 1. The highest BCUT2D eigenvalue weighted by Gasteiger charge is 2.12. The Labute approximate surface area is 196 Å². The number of hydrogen-bond acceptors (Lipinski definition) is 6. The van der Waals surface area contributed by atoms with Gasteiger partial charge in [-0.15, -0.1) is 11.8 Å². The molecule has 0 fully saturated rings. The molecule has 1 aliphatic carbocycles. The Morgan fingerprint density at radius 3 is 2.48 bits per heavy atom. The fraction of sp³-hybridized carbons (Fsp3) is 0.231. The van der Waals surface area contributed by atoms with Crippen LogP contribution < -0.4 is 9.47 Å². The number of rotatable bonds is 10. The molecular formula is C26H25NO5S. The summed E-state index contributed by atoms with van der Waals surface area (Å²) in [5.41, 5.74) is 2.99. The van der Waals surface area contributed by atoms with Crippen LogP contribution >= 0.6 is 11.8 Å². The van der Waals surface area contributed by atoms with Crippen molar-refractivity contribution in [1.82, 2.24) is 4.98 Å². The first-order valence-electron chi connectivity index (χ1n) is 10.7. The summed E-state index contributed by atoms with van der Waals surface area (Å²) in [6, 6.07) is 15.1. The summed E-state index contributed by atoms with van der Waals surface area (Å²) < 4.78 is 16.9. The lowest BCUT2D eigenvalue weighted by atomic mass is 10.1. The number of ether oxygens (including phenoxy) is 2. The zero-order valence-corrected chi connectivity index (χ0v) is 19.1. The van der Waals surface area contributed by atoms with Crippen LogP contribution in [0.25, 0.3) is 11.5 Å². The number of thioether (sulfide) groups is 1. The molecule has 7 heteroatoms. The van der Waals surface area contributed by atoms with Crippen LogP contribution in [0, 0.1) is 6.92 Å². The number of benzene rings is 2. The molecule has 0 unspecified atom stereocenters. The predicted molar refractivity (Wildman–Crippen MR) is 128 cm³/mol. The summed E-state index contributed by atoms with van der Waals surface area (Å²) in [7, 11) is 0. The zero-order valence-electron chi connectivity index (χ0n) is 18.3. The van der Waals surface area contributed by atoms with Crippen molar-refractivity contribution in [3.63, 3.8) is 0 Å². The molecule has 2 aromatic carbocycles. The number of carboxylic acid groups (broad SMARTS) is 1. The summed E-state index contributed by atoms with van der Waals surface area (Å²) in [6.45, 7) is 2.13. The molecule has 0 atom stereocenters. The molecule has 1 N–H and O–H groups in total. The first kappa shape index (κ1) is 22.7. The van der Waals surface area contributed by atoms with Gasteiger partial charge in [-0.25, -0.2) is 9.78 Å². The maximum absolute atomic E-state index is 10.6. The van der Waals surface area contributed by atoms with E-state index in [0.717, 1.165) is 40.5 Å². The normalized spacial score (nSPS) is 12.9. The molecule has 1 aromatic heterocycles. The fourth-order valence-corrected chi connectivity index (χ4v) is 4.15. The van der Waals surface area contributed by atoms with E-state index in [2.05, 4.69) is 23.2 Å². The van der Waals surface area contributed by atoms with Crippen LogP contribution in [0.1, 0.15) is 24.3 Å². The van der Waals surface area contributed by atoms with E-state index in [1.165, 1.54) is 5.57 Å². The van der Waals surface area contributed by atoms with E-state index >= 15 is 0 Å². The van der Waals surface area contributed by atoms with Crippen molar-refractivity contribution in [2.75, 3.05) is 13.2 Å². The first-order valence-corrected chi connectivity index (χ1v) is 11.7. The van der Waals surface area contributed by atoms with E-state index in [1.807, 2.05) is 43.3 Å². The lowest BCUT2D eigenvalue weighted by molar-refractivity contribution is -0.139. The minimum absolute atomic E-state index is 0.351. The summed E-state index contributed by atoms with van der Waals surface area (Å²) in [4.78, 5) is 16.3. The van der Waals surface area contributed by atoms with Gasteiger partial charge in [0.15, 0.2) is 6.61 Å². The molecule has 170 valence electrons. The van der Waals surface area contributed by atoms with Crippen LogP contribution in [0.3, 0.4) is 0 Å². The maximum atomic E-state index is 10.6. The average Bonchev–Trinajstić information content (AvgIpc) is 3.22. The van der Waals surface area contributed by atoms with Crippen LogP contribution in [0.15, 0.2) is 81.6 Å². The van der Waals surface area contributed by atoms with Gasteiger partial charge in [0.1, 0.15) is 23.9 Å². The molecule has 0 aliphatic heterocycles. The van der Waals surface area contributed by atoms with Crippen molar-refractivity contribution in [2.24, 2.45) is 0 Å². The summed E-state index contributed by atoms with van der Waals surface area (Å²) >= 11 is 1.63. The highest BCUT2D eigenvalue weighted by Crippen LogP contribution is 2.29. The summed E-state index contributed by atoms with van der Waals surface area (Å²) in [5.74, 6) is 2.38. The lowest BCUT2D eigenvalue weighted by Gasteiger charge is -2.09. The smallest absolute Gasteiger partial charge is 0.341 e. The second-order valence-corrected chi connectivity index (χ2v) is 8.58. The van der Waals surface area contributed by atoms with Crippen LogP contribution in [-0.2, 0) is 10.5 Å². The number of aliphatic carboxylic acids is 1.